The van der Waals surface area contributed by atoms with E-state index in [9.17, 15) is 13.6 Å². The second-order valence-corrected chi connectivity index (χ2v) is 4.44. The summed E-state index contributed by atoms with van der Waals surface area (Å²) >= 11 is 0. The molecule has 0 amide bonds. The van der Waals surface area contributed by atoms with Gasteiger partial charge in [-0.25, -0.2) is 8.78 Å². The van der Waals surface area contributed by atoms with Crippen molar-refractivity contribution in [3.63, 3.8) is 0 Å². The Bertz CT molecular complexity index is 464. The van der Waals surface area contributed by atoms with Crippen LogP contribution in [0.4, 0.5) is 8.78 Å². The average molecular weight is 255 g/mol. The molecule has 5 heteroatoms. The first-order valence-electron chi connectivity index (χ1n) is 5.98. The molecule has 1 fully saturated rings. The predicted molar refractivity (Wildman–Crippen MR) is 62.1 cm³/mol. The lowest BCUT2D eigenvalue weighted by molar-refractivity contribution is -0.142. The van der Waals surface area contributed by atoms with Gasteiger partial charge in [-0.3, -0.25) is 9.69 Å². The van der Waals surface area contributed by atoms with E-state index in [-0.39, 0.29) is 11.6 Å². The summed E-state index contributed by atoms with van der Waals surface area (Å²) in [7, 11) is 0. The second-order valence-electron chi connectivity index (χ2n) is 4.44. The van der Waals surface area contributed by atoms with Crippen LogP contribution in [0.25, 0.3) is 0 Å². The van der Waals surface area contributed by atoms with Crippen molar-refractivity contribution in [2.45, 2.75) is 31.8 Å². The number of benzene rings is 1. The summed E-state index contributed by atoms with van der Waals surface area (Å²) in [5.74, 6) is -1.89. The lowest BCUT2D eigenvalue weighted by Crippen LogP contribution is -2.37. The molecular weight excluding hydrogens is 240 g/mol. The number of carboxylic acids is 1. The molecule has 0 aromatic heterocycles. The molecule has 1 N–H and O–H groups in total. The highest BCUT2D eigenvalue weighted by Gasteiger charge is 2.38. The summed E-state index contributed by atoms with van der Waals surface area (Å²) in [6.45, 7) is 2.32. The molecule has 0 aliphatic carbocycles. The van der Waals surface area contributed by atoms with Crippen molar-refractivity contribution in [1.82, 2.24) is 4.90 Å². The van der Waals surface area contributed by atoms with Gasteiger partial charge in [0.25, 0.3) is 0 Å². The van der Waals surface area contributed by atoms with Crippen LogP contribution < -0.4 is 0 Å². The fourth-order valence-electron chi connectivity index (χ4n) is 2.67. The van der Waals surface area contributed by atoms with E-state index in [1.54, 1.807) is 4.90 Å². The highest BCUT2D eigenvalue weighted by molar-refractivity contribution is 5.74. The molecule has 0 saturated carbocycles. The lowest BCUT2D eigenvalue weighted by Gasteiger charge is -2.27. The van der Waals surface area contributed by atoms with Crippen LogP contribution in [-0.4, -0.2) is 28.6 Å². The molecule has 1 saturated heterocycles. The van der Waals surface area contributed by atoms with Crippen molar-refractivity contribution in [2.24, 2.45) is 0 Å². The third kappa shape index (κ3) is 2.22. The van der Waals surface area contributed by atoms with Gasteiger partial charge in [-0.05, 0) is 37.6 Å². The highest BCUT2D eigenvalue weighted by Crippen LogP contribution is 2.37. The Hall–Kier alpha value is -1.49. The molecule has 18 heavy (non-hydrogen) atoms. The number of hydrogen-bond donors (Lipinski definition) is 1. The van der Waals surface area contributed by atoms with Gasteiger partial charge in [-0.1, -0.05) is 6.92 Å². The third-order valence-electron chi connectivity index (χ3n) is 3.48. The van der Waals surface area contributed by atoms with E-state index in [4.69, 9.17) is 5.11 Å². The molecule has 3 nitrogen and oxygen atoms in total. The Balaban J connectivity index is 2.33. The summed E-state index contributed by atoms with van der Waals surface area (Å²) in [5, 5.41) is 9.09. The quantitative estimate of drug-likeness (QED) is 0.902. The van der Waals surface area contributed by atoms with Gasteiger partial charge in [-0.15, -0.1) is 0 Å². The average Bonchev–Trinajstić information content (AvgIpc) is 2.75. The fourth-order valence-corrected chi connectivity index (χ4v) is 2.67. The minimum absolute atomic E-state index is 0.251. The highest BCUT2D eigenvalue weighted by atomic mass is 19.1. The molecule has 1 aromatic rings. The van der Waals surface area contributed by atoms with Crippen LogP contribution in [-0.2, 0) is 4.79 Å². The van der Waals surface area contributed by atoms with Crippen molar-refractivity contribution < 1.29 is 18.7 Å². The summed E-state index contributed by atoms with van der Waals surface area (Å²) in [6, 6.07) is 2.35. The van der Waals surface area contributed by atoms with Gasteiger partial charge < -0.3 is 5.11 Å². The Labute approximate surface area is 104 Å². The molecule has 1 aromatic carbocycles. The first-order chi connectivity index (χ1) is 8.54. The SMILES string of the molecule is CCN1C(c2cc(F)ccc2F)CC[C@@H]1C(=O)O. The minimum Gasteiger partial charge on any atom is -0.480 e. The summed E-state index contributed by atoms with van der Waals surface area (Å²) < 4.78 is 26.9. The summed E-state index contributed by atoms with van der Waals surface area (Å²) in [4.78, 5) is 12.8. The van der Waals surface area contributed by atoms with Crippen molar-refractivity contribution >= 4 is 5.97 Å². The maximum atomic E-state index is 13.7. The second kappa shape index (κ2) is 5.02. The Morgan fingerprint density at radius 3 is 2.78 bits per heavy atom. The molecule has 2 rings (SSSR count). The largest absolute Gasteiger partial charge is 0.480 e. The van der Waals surface area contributed by atoms with Crippen molar-refractivity contribution in [1.29, 1.82) is 0 Å². The topological polar surface area (TPSA) is 40.5 Å². The Morgan fingerprint density at radius 1 is 1.44 bits per heavy atom. The number of hydrogen-bond acceptors (Lipinski definition) is 2. The number of aliphatic carboxylic acids is 1. The van der Waals surface area contributed by atoms with E-state index in [2.05, 4.69) is 0 Å². The molecule has 0 spiro atoms. The first kappa shape index (κ1) is 13.0. The molecular formula is C13H15F2NO2. The molecule has 1 aliphatic heterocycles. The van der Waals surface area contributed by atoms with Crippen molar-refractivity contribution in [3.8, 4) is 0 Å². The van der Waals surface area contributed by atoms with E-state index in [0.717, 1.165) is 18.2 Å². The fraction of sp³-hybridized carbons (Fsp3) is 0.462. The Morgan fingerprint density at radius 2 is 2.17 bits per heavy atom. The number of carbonyl (C=O) groups is 1. The van der Waals surface area contributed by atoms with Gasteiger partial charge in [0, 0.05) is 11.6 Å². The van der Waals surface area contributed by atoms with Gasteiger partial charge in [-0.2, -0.15) is 0 Å². The molecule has 98 valence electrons. The van der Waals surface area contributed by atoms with E-state index >= 15 is 0 Å². The maximum absolute atomic E-state index is 13.7. The molecule has 0 bridgehead atoms. The monoisotopic (exact) mass is 255 g/mol. The number of halogens is 2. The van der Waals surface area contributed by atoms with E-state index in [1.807, 2.05) is 6.92 Å². The Kier molecular flexibility index (Phi) is 3.61. The predicted octanol–water partition coefficient (Wildman–Crippen LogP) is 2.57. The zero-order chi connectivity index (χ0) is 13.3. The van der Waals surface area contributed by atoms with E-state index in [0.29, 0.717) is 19.4 Å². The van der Waals surface area contributed by atoms with Crippen LogP contribution in [0.15, 0.2) is 18.2 Å². The summed E-state index contributed by atoms with van der Waals surface area (Å²) in [5.41, 5.74) is 0.251. The van der Waals surface area contributed by atoms with Crippen molar-refractivity contribution in [3.05, 3.63) is 35.4 Å². The van der Waals surface area contributed by atoms with Gasteiger partial charge >= 0.3 is 5.97 Å². The van der Waals surface area contributed by atoms with Crippen LogP contribution in [0.3, 0.4) is 0 Å². The lowest BCUT2D eigenvalue weighted by atomic mass is 10.0. The molecule has 2 atom stereocenters. The molecule has 1 unspecified atom stereocenters. The number of nitrogens with zero attached hydrogens (tertiary/aromatic N) is 1. The van der Waals surface area contributed by atoms with E-state index in [1.165, 1.54) is 0 Å². The van der Waals surface area contributed by atoms with Crippen LogP contribution >= 0.6 is 0 Å². The smallest absolute Gasteiger partial charge is 0.320 e. The third-order valence-corrected chi connectivity index (χ3v) is 3.48. The number of likely N-dealkylation sites (N-methyl/N-ethyl adjacent to an activating group) is 1. The van der Waals surface area contributed by atoms with Gasteiger partial charge in [0.15, 0.2) is 0 Å². The van der Waals surface area contributed by atoms with Crippen LogP contribution in [0.5, 0.6) is 0 Å². The van der Waals surface area contributed by atoms with Gasteiger partial charge in [0.2, 0.25) is 0 Å². The standard InChI is InChI=1S/C13H15F2NO2/c1-2-16-11(5-6-12(16)13(17)18)9-7-8(14)3-4-10(9)15/h3-4,7,11-12H,2,5-6H2,1H3,(H,17,18)/t11?,12-/m1/s1. The normalized spacial score (nSPS) is 24.4. The summed E-state index contributed by atoms with van der Waals surface area (Å²) in [6.07, 6.45) is 0.995. The minimum atomic E-state index is -0.906. The molecule has 1 aliphatic rings. The zero-order valence-electron chi connectivity index (χ0n) is 10.1. The van der Waals surface area contributed by atoms with Crippen molar-refractivity contribution in [2.75, 3.05) is 6.54 Å². The number of carboxylic acid groups (broad SMARTS) is 1. The van der Waals surface area contributed by atoms with Crippen LogP contribution in [0.1, 0.15) is 31.4 Å². The number of rotatable bonds is 3. The van der Waals surface area contributed by atoms with E-state index < -0.39 is 23.6 Å². The van der Waals surface area contributed by atoms with Gasteiger partial charge in [0.1, 0.15) is 17.7 Å². The van der Waals surface area contributed by atoms with Crippen LogP contribution in [0, 0.1) is 11.6 Å². The maximum Gasteiger partial charge on any atom is 0.320 e. The van der Waals surface area contributed by atoms with Gasteiger partial charge in [0.05, 0.1) is 0 Å². The number of likely N-dealkylation sites (tertiary alicyclic amines) is 1. The van der Waals surface area contributed by atoms with Crippen LogP contribution in [0.2, 0.25) is 0 Å². The first-order valence-corrected chi connectivity index (χ1v) is 5.98. The molecule has 1 heterocycles. The zero-order valence-corrected chi connectivity index (χ0v) is 10.1. The molecule has 0 radical (unpaired) electrons.